The summed E-state index contributed by atoms with van der Waals surface area (Å²) in [5.41, 5.74) is 6.61. The fourth-order valence-corrected chi connectivity index (χ4v) is 3.43. The zero-order valence-corrected chi connectivity index (χ0v) is 16.2. The van der Waals surface area contributed by atoms with E-state index >= 15 is 0 Å². The summed E-state index contributed by atoms with van der Waals surface area (Å²) >= 11 is 1.52. The average molecular weight is 375 g/mol. The number of hydrogen-bond donors (Lipinski definition) is 1. The topological polar surface area (TPSA) is 41.5 Å². The molecule has 3 rings (SSSR count). The van der Waals surface area contributed by atoms with Crippen LogP contribution in [0.1, 0.15) is 23.6 Å². The fourth-order valence-electron chi connectivity index (χ4n) is 2.56. The van der Waals surface area contributed by atoms with Crippen molar-refractivity contribution in [3.8, 4) is 0 Å². The van der Waals surface area contributed by atoms with Gasteiger partial charge in [-0.15, -0.1) is 11.8 Å². The molecule has 136 valence electrons. The van der Waals surface area contributed by atoms with Crippen LogP contribution in [0.15, 0.2) is 94.9 Å². The number of nitrogens with zero attached hydrogens (tertiary/aromatic N) is 1. The van der Waals surface area contributed by atoms with Crippen LogP contribution in [0, 0.1) is 6.92 Å². The van der Waals surface area contributed by atoms with Gasteiger partial charge >= 0.3 is 0 Å². The van der Waals surface area contributed by atoms with E-state index in [1.807, 2.05) is 98.8 Å². The molecule has 0 aliphatic carbocycles. The molecule has 3 aromatic carbocycles. The molecule has 0 aromatic heterocycles. The third-order valence-electron chi connectivity index (χ3n) is 4.08. The van der Waals surface area contributed by atoms with Crippen molar-refractivity contribution in [2.24, 2.45) is 5.10 Å². The maximum atomic E-state index is 12.5. The van der Waals surface area contributed by atoms with E-state index in [4.69, 9.17) is 0 Å². The predicted octanol–water partition coefficient (Wildman–Crippen LogP) is 5.04. The summed E-state index contributed by atoms with van der Waals surface area (Å²) in [4.78, 5) is 13.6. The largest absolute Gasteiger partial charge is 0.272 e. The average Bonchev–Trinajstić information content (AvgIpc) is 2.71. The van der Waals surface area contributed by atoms with Crippen LogP contribution >= 0.6 is 11.8 Å². The molecule has 0 unspecified atom stereocenters. The standard InChI is InChI=1S/C23H22N2OS/c1-17-13-15-21(16-14-17)27-18(2)23(26)25-24-22(19-9-5-3-6-10-19)20-11-7-4-8-12-20/h3-16,18H,1-2H3,(H,25,26)/t18-/m0/s1. The lowest BCUT2D eigenvalue weighted by molar-refractivity contribution is -0.120. The van der Waals surface area contributed by atoms with Crippen molar-refractivity contribution >= 4 is 23.4 Å². The highest BCUT2D eigenvalue weighted by atomic mass is 32.2. The molecular weight excluding hydrogens is 352 g/mol. The molecule has 1 N–H and O–H groups in total. The van der Waals surface area contributed by atoms with E-state index < -0.39 is 0 Å². The Hall–Kier alpha value is -2.85. The number of carbonyl (C=O) groups is 1. The summed E-state index contributed by atoms with van der Waals surface area (Å²) in [5, 5.41) is 4.20. The molecule has 1 amide bonds. The molecule has 3 nitrogen and oxygen atoms in total. The van der Waals surface area contributed by atoms with E-state index in [0.29, 0.717) is 0 Å². The number of benzene rings is 3. The van der Waals surface area contributed by atoms with E-state index in [9.17, 15) is 4.79 Å². The molecule has 0 bridgehead atoms. The van der Waals surface area contributed by atoms with Gasteiger partial charge in [-0.1, -0.05) is 78.4 Å². The van der Waals surface area contributed by atoms with Crippen LogP contribution in [0.4, 0.5) is 0 Å². The van der Waals surface area contributed by atoms with E-state index in [0.717, 1.165) is 21.7 Å². The lowest BCUT2D eigenvalue weighted by Gasteiger charge is -2.12. The smallest absolute Gasteiger partial charge is 0.253 e. The van der Waals surface area contributed by atoms with Gasteiger partial charge in [0.05, 0.1) is 11.0 Å². The van der Waals surface area contributed by atoms with Gasteiger partial charge in [-0.2, -0.15) is 5.10 Å². The lowest BCUT2D eigenvalue weighted by atomic mass is 10.0. The Kier molecular flexibility index (Phi) is 6.44. The number of hydrogen-bond acceptors (Lipinski definition) is 3. The summed E-state index contributed by atoms with van der Waals surface area (Å²) in [5.74, 6) is -0.120. The van der Waals surface area contributed by atoms with Crippen LogP contribution in [0.25, 0.3) is 0 Å². The molecule has 0 heterocycles. The van der Waals surface area contributed by atoms with Gasteiger partial charge in [0.2, 0.25) is 0 Å². The van der Waals surface area contributed by atoms with Gasteiger partial charge in [0, 0.05) is 16.0 Å². The molecule has 0 aliphatic rings. The van der Waals surface area contributed by atoms with Gasteiger partial charge in [-0.3, -0.25) is 4.79 Å². The third kappa shape index (κ3) is 5.31. The van der Waals surface area contributed by atoms with Gasteiger partial charge in [0.15, 0.2) is 0 Å². The fraction of sp³-hybridized carbons (Fsp3) is 0.130. The quantitative estimate of drug-likeness (QED) is 0.373. The highest BCUT2D eigenvalue weighted by Gasteiger charge is 2.15. The van der Waals surface area contributed by atoms with Crippen LogP contribution in [0.2, 0.25) is 0 Å². The molecule has 0 spiro atoms. The Morgan fingerprint density at radius 2 is 1.37 bits per heavy atom. The van der Waals surface area contributed by atoms with Gasteiger partial charge in [0.1, 0.15) is 0 Å². The molecule has 0 radical (unpaired) electrons. The number of carbonyl (C=O) groups excluding carboxylic acids is 1. The summed E-state index contributed by atoms with van der Waals surface area (Å²) < 4.78 is 0. The van der Waals surface area contributed by atoms with E-state index in [1.54, 1.807) is 0 Å². The third-order valence-corrected chi connectivity index (χ3v) is 5.19. The minimum atomic E-state index is -0.246. The van der Waals surface area contributed by atoms with E-state index in [-0.39, 0.29) is 11.2 Å². The SMILES string of the molecule is Cc1ccc(S[C@@H](C)C(=O)NN=C(c2ccccc2)c2ccccc2)cc1. The van der Waals surface area contributed by atoms with Crippen LogP contribution in [0.3, 0.4) is 0 Å². The maximum Gasteiger partial charge on any atom is 0.253 e. The number of aryl methyl sites for hydroxylation is 1. The van der Waals surface area contributed by atoms with E-state index in [1.165, 1.54) is 17.3 Å². The zero-order valence-electron chi connectivity index (χ0n) is 15.4. The van der Waals surface area contributed by atoms with Crippen molar-refractivity contribution in [1.82, 2.24) is 5.43 Å². The van der Waals surface area contributed by atoms with Crippen LogP contribution < -0.4 is 5.43 Å². The number of hydrazone groups is 1. The Morgan fingerprint density at radius 1 is 0.852 bits per heavy atom. The summed E-state index contributed by atoms with van der Waals surface area (Å²) in [7, 11) is 0. The first-order valence-electron chi connectivity index (χ1n) is 8.85. The van der Waals surface area contributed by atoms with Gasteiger partial charge in [0.25, 0.3) is 5.91 Å². The Labute approximate surface area is 164 Å². The van der Waals surface area contributed by atoms with Gasteiger partial charge < -0.3 is 0 Å². The van der Waals surface area contributed by atoms with Crippen molar-refractivity contribution in [3.63, 3.8) is 0 Å². The molecule has 0 saturated heterocycles. The van der Waals surface area contributed by atoms with Crippen molar-refractivity contribution in [1.29, 1.82) is 0 Å². The van der Waals surface area contributed by atoms with Crippen LogP contribution in [-0.4, -0.2) is 16.9 Å². The Balaban J connectivity index is 1.75. The molecule has 27 heavy (non-hydrogen) atoms. The second-order valence-corrected chi connectivity index (χ2v) is 7.66. The molecule has 3 aromatic rings. The lowest BCUT2D eigenvalue weighted by Crippen LogP contribution is -2.28. The highest BCUT2D eigenvalue weighted by Crippen LogP contribution is 2.23. The van der Waals surface area contributed by atoms with Crippen molar-refractivity contribution in [3.05, 3.63) is 102 Å². The molecular formula is C23H22N2OS. The molecule has 1 atom stereocenters. The normalized spacial score (nSPS) is 11.5. The van der Waals surface area contributed by atoms with Crippen LogP contribution in [0.5, 0.6) is 0 Å². The second kappa shape index (κ2) is 9.19. The minimum Gasteiger partial charge on any atom is -0.272 e. The van der Waals surface area contributed by atoms with Crippen LogP contribution in [-0.2, 0) is 4.79 Å². The first-order valence-corrected chi connectivity index (χ1v) is 9.73. The van der Waals surface area contributed by atoms with Crippen molar-refractivity contribution in [2.45, 2.75) is 24.0 Å². The minimum absolute atomic E-state index is 0.120. The second-order valence-electron chi connectivity index (χ2n) is 6.24. The Bertz CT molecular complexity index is 865. The first-order chi connectivity index (χ1) is 13.1. The number of nitrogens with one attached hydrogen (secondary N) is 1. The summed E-state index contributed by atoms with van der Waals surface area (Å²) in [6.07, 6.45) is 0. The molecule has 0 fully saturated rings. The van der Waals surface area contributed by atoms with E-state index in [2.05, 4.69) is 10.5 Å². The molecule has 4 heteroatoms. The number of amides is 1. The highest BCUT2D eigenvalue weighted by molar-refractivity contribution is 8.00. The summed E-state index contributed by atoms with van der Waals surface area (Å²) in [6.45, 7) is 3.94. The van der Waals surface area contributed by atoms with Crippen molar-refractivity contribution < 1.29 is 4.79 Å². The zero-order chi connectivity index (χ0) is 19.1. The summed E-state index contributed by atoms with van der Waals surface area (Å²) in [6, 6.07) is 27.9. The molecule has 0 aliphatic heterocycles. The Morgan fingerprint density at radius 3 is 1.89 bits per heavy atom. The van der Waals surface area contributed by atoms with Gasteiger partial charge in [-0.05, 0) is 26.0 Å². The first kappa shape index (κ1) is 18.9. The maximum absolute atomic E-state index is 12.5. The molecule has 0 saturated carbocycles. The van der Waals surface area contributed by atoms with Crippen molar-refractivity contribution in [2.75, 3.05) is 0 Å². The number of thioether (sulfide) groups is 1. The number of rotatable bonds is 6. The predicted molar refractivity (Wildman–Crippen MR) is 113 cm³/mol. The van der Waals surface area contributed by atoms with Gasteiger partial charge in [-0.25, -0.2) is 5.43 Å². The monoisotopic (exact) mass is 374 g/mol.